The summed E-state index contributed by atoms with van der Waals surface area (Å²) in [6.45, 7) is 7.97. The molecule has 5 rings (SSSR count). The molecule has 34 heavy (non-hydrogen) atoms. The number of carbonyl (C=O) groups is 2. The topological polar surface area (TPSA) is 71.3 Å². The van der Waals surface area contributed by atoms with Crippen LogP contribution in [-0.2, 0) is 26.1 Å². The van der Waals surface area contributed by atoms with Gasteiger partial charge in [-0.1, -0.05) is 29.3 Å². The molecule has 2 aliphatic rings. The van der Waals surface area contributed by atoms with Crippen LogP contribution >= 0.6 is 23.2 Å². The van der Waals surface area contributed by atoms with Crippen molar-refractivity contribution < 1.29 is 9.59 Å². The second-order valence-corrected chi connectivity index (χ2v) is 9.85. The van der Waals surface area contributed by atoms with Crippen LogP contribution < -0.4 is 0 Å². The third kappa shape index (κ3) is 3.97. The van der Waals surface area contributed by atoms with E-state index in [1.165, 1.54) is 0 Å². The Kier molecular flexibility index (Phi) is 5.86. The number of aryl methyl sites for hydroxylation is 2. The second-order valence-electron chi connectivity index (χ2n) is 9.04. The summed E-state index contributed by atoms with van der Waals surface area (Å²) in [5, 5.41) is 5.48. The quantitative estimate of drug-likeness (QED) is 0.535. The van der Waals surface area contributed by atoms with Crippen molar-refractivity contribution in [2.75, 3.05) is 6.54 Å². The molecule has 0 spiro atoms. The highest BCUT2D eigenvalue weighted by Gasteiger charge is 2.37. The van der Waals surface area contributed by atoms with Crippen molar-refractivity contribution in [1.82, 2.24) is 24.6 Å². The smallest absolute Gasteiger partial charge is 0.272 e. The second kappa shape index (κ2) is 8.71. The molecule has 0 bridgehead atoms. The lowest BCUT2D eigenvalue weighted by molar-refractivity contribution is 0.0637. The average molecular weight is 498 g/mol. The highest BCUT2D eigenvalue weighted by atomic mass is 35.5. The van der Waals surface area contributed by atoms with Gasteiger partial charge in [0.25, 0.3) is 11.8 Å². The largest absolute Gasteiger partial charge is 0.331 e. The molecular formula is C25H25Cl2N5O2. The molecule has 176 valence electrons. The number of halogens is 2. The van der Waals surface area contributed by atoms with Crippen molar-refractivity contribution in [1.29, 1.82) is 0 Å². The molecular weight excluding hydrogens is 473 g/mol. The Labute approximate surface area is 208 Å². The van der Waals surface area contributed by atoms with Gasteiger partial charge in [-0.2, -0.15) is 5.10 Å². The lowest BCUT2D eigenvalue weighted by atomic mass is 9.97. The first kappa shape index (κ1) is 22.9. The molecule has 4 heterocycles. The Morgan fingerprint density at radius 1 is 1.12 bits per heavy atom. The van der Waals surface area contributed by atoms with Crippen LogP contribution in [0.25, 0.3) is 0 Å². The Bertz CT molecular complexity index is 1320. The number of carbonyl (C=O) groups excluding carboxylic acids is 2. The minimum absolute atomic E-state index is 0.0566. The monoisotopic (exact) mass is 497 g/mol. The van der Waals surface area contributed by atoms with Crippen LogP contribution in [0.2, 0.25) is 10.0 Å². The van der Waals surface area contributed by atoms with Crippen LogP contribution in [0.15, 0.2) is 30.3 Å². The molecule has 3 aromatic rings. The number of hydrogen-bond donors (Lipinski definition) is 0. The summed E-state index contributed by atoms with van der Waals surface area (Å²) < 4.78 is 1.81. The number of nitrogens with zero attached hydrogens (tertiary/aromatic N) is 5. The molecule has 7 nitrogen and oxygen atoms in total. The SMILES string of the molecule is Cc1ccc(CN2CCn3nc4c(c3C2=O)CN(C(=O)c2ccc(Cl)c(Cl)c2)[C@H](C)C4)c(C)n1. The standard InChI is InChI=1S/C25H25Cl2N5O2/c1-14-4-5-18(16(3)28-14)12-30-8-9-32-23(25(30)34)19-13-31(15(2)10-22(19)29-32)24(33)17-6-7-20(26)21(27)11-17/h4-7,11,15H,8-10,12-13H2,1-3H3/t15-/m1/s1. The van der Waals surface area contributed by atoms with Crippen molar-refractivity contribution in [3.05, 3.63) is 79.8 Å². The van der Waals surface area contributed by atoms with Crippen LogP contribution in [-0.4, -0.2) is 49.0 Å². The van der Waals surface area contributed by atoms with E-state index in [9.17, 15) is 9.59 Å². The van der Waals surface area contributed by atoms with E-state index in [-0.39, 0.29) is 17.9 Å². The number of fused-ring (bicyclic) bond motifs is 3. The zero-order chi connectivity index (χ0) is 24.1. The number of amides is 2. The summed E-state index contributed by atoms with van der Waals surface area (Å²) in [7, 11) is 0. The van der Waals surface area contributed by atoms with E-state index in [4.69, 9.17) is 28.3 Å². The van der Waals surface area contributed by atoms with Gasteiger partial charge in [0, 0.05) is 48.1 Å². The molecule has 1 atom stereocenters. The Morgan fingerprint density at radius 3 is 2.65 bits per heavy atom. The molecule has 1 aromatic carbocycles. The van der Waals surface area contributed by atoms with Crippen LogP contribution in [0, 0.1) is 13.8 Å². The minimum Gasteiger partial charge on any atom is -0.331 e. The normalized spacial score (nSPS) is 17.6. The maximum absolute atomic E-state index is 13.6. The molecule has 2 amide bonds. The van der Waals surface area contributed by atoms with E-state index in [0.717, 1.165) is 28.2 Å². The molecule has 2 aliphatic heterocycles. The molecule has 0 radical (unpaired) electrons. The average Bonchev–Trinajstić information content (AvgIpc) is 3.16. The van der Waals surface area contributed by atoms with Gasteiger partial charge in [-0.25, -0.2) is 0 Å². The van der Waals surface area contributed by atoms with Crippen molar-refractivity contribution in [3.63, 3.8) is 0 Å². The van der Waals surface area contributed by atoms with Crippen LogP contribution in [0.3, 0.4) is 0 Å². The van der Waals surface area contributed by atoms with Gasteiger partial charge in [0.1, 0.15) is 5.69 Å². The first-order valence-electron chi connectivity index (χ1n) is 11.3. The fourth-order valence-electron chi connectivity index (χ4n) is 4.77. The van der Waals surface area contributed by atoms with E-state index in [1.54, 1.807) is 23.1 Å². The van der Waals surface area contributed by atoms with Gasteiger partial charge in [-0.05, 0) is 50.6 Å². The third-order valence-corrected chi connectivity index (χ3v) is 7.42. The minimum atomic E-state index is -0.141. The summed E-state index contributed by atoms with van der Waals surface area (Å²) in [5.41, 5.74) is 5.70. The molecule has 0 saturated heterocycles. The fraction of sp³-hybridized carbons (Fsp3) is 0.360. The van der Waals surface area contributed by atoms with Crippen molar-refractivity contribution in [2.24, 2.45) is 0 Å². The number of pyridine rings is 1. The summed E-state index contributed by atoms with van der Waals surface area (Å²) in [4.78, 5) is 35.0. The molecule has 0 aliphatic carbocycles. The van der Waals surface area contributed by atoms with Gasteiger partial charge >= 0.3 is 0 Å². The highest BCUT2D eigenvalue weighted by molar-refractivity contribution is 6.42. The van der Waals surface area contributed by atoms with Gasteiger partial charge in [-0.3, -0.25) is 19.3 Å². The first-order valence-corrected chi connectivity index (χ1v) is 12.1. The molecule has 0 fully saturated rings. The fourth-order valence-corrected chi connectivity index (χ4v) is 5.07. The maximum Gasteiger partial charge on any atom is 0.272 e. The molecule has 0 saturated carbocycles. The maximum atomic E-state index is 13.6. The molecule has 2 aromatic heterocycles. The van der Waals surface area contributed by atoms with E-state index in [0.29, 0.717) is 53.9 Å². The van der Waals surface area contributed by atoms with Gasteiger partial charge in [-0.15, -0.1) is 0 Å². The van der Waals surface area contributed by atoms with Crippen LogP contribution in [0.1, 0.15) is 56.0 Å². The molecule has 0 unspecified atom stereocenters. The van der Waals surface area contributed by atoms with E-state index in [1.807, 2.05) is 42.5 Å². The van der Waals surface area contributed by atoms with E-state index in [2.05, 4.69) is 4.98 Å². The molecule has 0 N–H and O–H groups in total. The van der Waals surface area contributed by atoms with Crippen LogP contribution in [0.4, 0.5) is 0 Å². The number of aromatic nitrogens is 3. The zero-order valence-electron chi connectivity index (χ0n) is 19.3. The van der Waals surface area contributed by atoms with Gasteiger partial charge in [0.05, 0.1) is 28.8 Å². The number of benzene rings is 1. The summed E-state index contributed by atoms with van der Waals surface area (Å²) in [6.07, 6.45) is 0.594. The Morgan fingerprint density at radius 2 is 1.91 bits per heavy atom. The van der Waals surface area contributed by atoms with Gasteiger partial charge < -0.3 is 9.80 Å². The van der Waals surface area contributed by atoms with Crippen molar-refractivity contribution >= 4 is 35.0 Å². The summed E-state index contributed by atoms with van der Waals surface area (Å²) in [5.74, 6) is -0.199. The highest BCUT2D eigenvalue weighted by Crippen LogP contribution is 2.31. The lowest BCUT2D eigenvalue weighted by Crippen LogP contribution is -2.44. The molecule has 9 heteroatoms. The van der Waals surface area contributed by atoms with Crippen LogP contribution in [0.5, 0.6) is 0 Å². The van der Waals surface area contributed by atoms with Crippen molar-refractivity contribution in [3.8, 4) is 0 Å². The van der Waals surface area contributed by atoms with Gasteiger partial charge in [0.2, 0.25) is 0 Å². The Hall–Kier alpha value is -2.90. The first-order chi connectivity index (χ1) is 16.2. The third-order valence-electron chi connectivity index (χ3n) is 6.68. The predicted molar refractivity (Wildman–Crippen MR) is 130 cm³/mol. The number of rotatable bonds is 3. The van der Waals surface area contributed by atoms with E-state index >= 15 is 0 Å². The zero-order valence-corrected chi connectivity index (χ0v) is 20.8. The van der Waals surface area contributed by atoms with Gasteiger partial charge in [0.15, 0.2) is 0 Å². The van der Waals surface area contributed by atoms with E-state index < -0.39 is 0 Å². The Balaban J connectivity index is 1.43. The lowest BCUT2D eigenvalue weighted by Gasteiger charge is -2.34. The number of hydrogen-bond acceptors (Lipinski definition) is 4. The summed E-state index contributed by atoms with van der Waals surface area (Å²) >= 11 is 12.2. The van der Waals surface area contributed by atoms with Crippen molar-refractivity contribution in [2.45, 2.75) is 52.9 Å². The predicted octanol–water partition coefficient (Wildman–Crippen LogP) is 4.44. The summed E-state index contributed by atoms with van der Waals surface area (Å²) in [6, 6.07) is 8.84.